The van der Waals surface area contributed by atoms with Crippen LogP contribution in [-0.4, -0.2) is 20.9 Å². The number of aromatic nitrogens is 2. The molecule has 0 bridgehead atoms. The Kier molecular flexibility index (Phi) is 2.31. The van der Waals surface area contributed by atoms with Gasteiger partial charge in [-0.1, -0.05) is 17.7 Å². The Balaban J connectivity index is 2.31. The molecule has 1 aromatic heterocycles. The van der Waals surface area contributed by atoms with Crippen molar-refractivity contribution in [3.8, 4) is 17.0 Å². The summed E-state index contributed by atoms with van der Waals surface area (Å²) in [5.41, 5.74) is 2.13. The molecule has 0 amide bonds. The minimum atomic E-state index is -1.05. The monoisotopic (exact) mass is 264 g/mol. The second-order valence-corrected chi connectivity index (χ2v) is 4.42. The van der Waals surface area contributed by atoms with Crippen molar-refractivity contribution >= 4 is 17.6 Å². The van der Waals surface area contributed by atoms with Crippen LogP contribution in [0.3, 0.4) is 0 Å². The number of ether oxygens (including phenoxy) is 1. The molecule has 1 aromatic carbocycles. The average molecular weight is 265 g/mol. The number of hydrogen-bond donors (Lipinski definition) is 1. The van der Waals surface area contributed by atoms with Crippen LogP contribution in [0.1, 0.15) is 16.1 Å². The van der Waals surface area contributed by atoms with Crippen LogP contribution >= 0.6 is 11.6 Å². The average Bonchev–Trinajstić information content (AvgIpc) is 2.68. The highest BCUT2D eigenvalue weighted by Gasteiger charge is 2.29. The summed E-state index contributed by atoms with van der Waals surface area (Å²) in [7, 11) is 1.71. The standard InChI is InChI=1S/C12H9ClN2O3/c1-15-10-6-3-2-4-8(13)11(6)18-5-7(10)9(14-15)12(16)17/h2-4H,5H2,1H3,(H,16,17). The van der Waals surface area contributed by atoms with Crippen molar-refractivity contribution in [3.05, 3.63) is 34.5 Å². The van der Waals surface area contributed by atoms with E-state index in [1.807, 2.05) is 6.07 Å². The molecule has 18 heavy (non-hydrogen) atoms. The molecule has 3 rings (SSSR count). The van der Waals surface area contributed by atoms with E-state index in [0.29, 0.717) is 16.3 Å². The molecule has 0 unspecified atom stereocenters. The summed E-state index contributed by atoms with van der Waals surface area (Å²) in [6.45, 7) is 0.168. The van der Waals surface area contributed by atoms with Gasteiger partial charge in [-0.05, 0) is 12.1 Å². The van der Waals surface area contributed by atoms with Crippen molar-refractivity contribution in [2.24, 2.45) is 7.05 Å². The van der Waals surface area contributed by atoms with Crippen LogP contribution < -0.4 is 4.74 Å². The molecule has 1 aliphatic rings. The highest BCUT2D eigenvalue weighted by molar-refractivity contribution is 6.32. The highest BCUT2D eigenvalue weighted by Crippen LogP contribution is 2.42. The van der Waals surface area contributed by atoms with Gasteiger partial charge in [0.05, 0.1) is 16.3 Å². The third-order valence-corrected chi connectivity index (χ3v) is 3.23. The Morgan fingerprint density at radius 2 is 2.33 bits per heavy atom. The fourth-order valence-electron chi connectivity index (χ4n) is 2.20. The van der Waals surface area contributed by atoms with Crippen molar-refractivity contribution < 1.29 is 14.6 Å². The van der Waals surface area contributed by atoms with Crippen molar-refractivity contribution in [1.29, 1.82) is 0 Å². The number of carbonyl (C=O) groups is 1. The molecule has 0 fully saturated rings. The highest BCUT2D eigenvalue weighted by atomic mass is 35.5. The van der Waals surface area contributed by atoms with Crippen molar-refractivity contribution in [2.75, 3.05) is 0 Å². The smallest absolute Gasteiger partial charge is 0.356 e. The van der Waals surface area contributed by atoms with Gasteiger partial charge < -0.3 is 9.84 Å². The van der Waals surface area contributed by atoms with Crippen LogP contribution in [0.5, 0.6) is 5.75 Å². The van der Waals surface area contributed by atoms with E-state index < -0.39 is 5.97 Å². The van der Waals surface area contributed by atoms with E-state index in [1.54, 1.807) is 23.9 Å². The third kappa shape index (κ3) is 1.41. The zero-order valence-electron chi connectivity index (χ0n) is 9.48. The van der Waals surface area contributed by atoms with Crippen molar-refractivity contribution in [1.82, 2.24) is 9.78 Å². The Morgan fingerprint density at radius 1 is 1.56 bits per heavy atom. The molecule has 2 heterocycles. The lowest BCUT2D eigenvalue weighted by atomic mass is 10.0. The van der Waals surface area contributed by atoms with E-state index in [0.717, 1.165) is 11.3 Å². The molecule has 0 saturated heterocycles. The number of rotatable bonds is 1. The lowest BCUT2D eigenvalue weighted by Gasteiger charge is -2.19. The molecular formula is C12H9ClN2O3. The fourth-order valence-corrected chi connectivity index (χ4v) is 2.43. The molecule has 0 aliphatic carbocycles. The van der Waals surface area contributed by atoms with Gasteiger partial charge >= 0.3 is 5.97 Å². The van der Waals surface area contributed by atoms with E-state index in [4.69, 9.17) is 21.4 Å². The van der Waals surface area contributed by atoms with Crippen LogP contribution in [0, 0.1) is 0 Å². The lowest BCUT2D eigenvalue weighted by Crippen LogP contribution is -2.09. The first-order chi connectivity index (χ1) is 8.59. The van der Waals surface area contributed by atoms with Gasteiger partial charge in [0.15, 0.2) is 5.69 Å². The zero-order chi connectivity index (χ0) is 12.9. The minimum absolute atomic E-state index is 0.0260. The first-order valence-electron chi connectivity index (χ1n) is 5.30. The van der Waals surface area contributed by atoms with Crippen LogP contribution in [0.15, 0.2) is 18.2 Å². The Hall–Kier alpha value is -2.01. The minimum Gasteiger partial charge on any atom is -0.486 e. The number of carboxylic acid groups (broad SMARTS) is 1. The molecule has 1 N–H and O–H groups in total. The number of aromatic carboxylic acids is 1. The fraction of sp³-hybridized carbons (Fsp3) is 0.167. The molecule has 0 saturated carbocycles. The zero-order valence-corrected chi connectivity index (χ0v) is 10.2. The molecule has 0 atom stereocenters. The second-order valence-electron chi connectivity index (χ2n) is 4.01. The van der Waals surface area contributed by atoms with E-state index in [1.165, 1.54) is 0 Å². The topological polar surface area (TPSA) is 64.4 Å². The number of hydrogen-bond acceptors (Lipinski definition) is 3. The first-order valence-corrected chi connectivity index (χ1v) is 5.68. The summed E-state index contributed by atoms with van der Waals surface area (Å²) in [5.74, 6) is -0.479. The van der Waals surface area contributed by atoms with Gasteiger partial charge in [-0.3, -0.25) is 4.68 Å². The summed E-state index contributed by atoms with van der Waals surface area (Å²) < 4.78 is 7.09. The molecule has 0 radical (unpaired) electrons. The lowest BCUT2D eigenvalue weighted by molar-refractivity contribution is 0.0686. The van der Waals surface area contributed by atoms with Gasteiger partial charge in [-0.25, -0.2) is 4.79 Å². The maximum absolute atomic E-state index is 11.1. The van der Waals surface area contributed by atoms with Gasteiger partial charge in [0.2, 0.25) is 0 Å². The molecular weight excluding hydrogens is 256 g/mol. The summed E-state index contributed by atoms with van der Waals surface area (Å²) in [6.07, 6.45) is 0. The van der Waals surface area contributed by atoms with Gasteiger partial charge in [0.1, 0.15) is 12.4 Å². The van der Waals surface area contributed by atoms with Crippen LogP contribution in [0.25, 0.3) is 11.3 Å². The van der Waals surface area contributed by atoms with Gasteiger partial charge in [0, 0.05) is 12.6 Å². The Morgan fingerprint density at radius 3 is 3.06 bits per heavy atom. The molecule has 2 aromatic rings. The third-order valence-electron chi connectivity index (χ3n) is 2.93. The molecule has 92 valence electrons. The maximum Gasteiger partial charge on any atom is 0.356 e. The number of aryl methyl sites for hydroxylation is 1. The maximum atomic E-state index is 11.1. The SMILES string of the molecule is Cn1nc(C(=O)O)c2c1-c1cccc(Cl)c1OC2. The molecule has 6 heteroatoms. The molecule has 1 aliphatic heterocycles. The van der Waals surface area contributed by atoms with Crippen LogP contribution in [0.4, 0.5) is 0 Å². The van der Waals surface area contributed by atoms with E-state index in [2.05, 4.69) is 5.10 Å². The second kappa shape index (κ2) is 3.74. The Labute approximate surface area is 108 Å². The van der Waals surface area contributed by atoms with Crippen LogP contribution in [0.2, 0.25) is 5.02 Å². The quantitative estimate of drug-likeness (QED) is 0.859. The van der Waals surface area contributed by atoms with Gasteiger partial charge in [0.25, 0.3) is 0 Å². The first kappa shape index (κ1) is 11.1. The summed E-state index contributed by atoms with van der Waals surface area (Å²) >= 11 is 6.06. The Bertz CT molecular complexity index is 664. The summed E-state index contributed by atoms with van der Waals surface area (Å²) in [6, 6.07) is 5.37. The van der Waals surface area contributed by atoms with E-state index in [9.17, 15) is 4.79 Å². The number of fused-ring (bicyclic) bond motifs is 3. The van der Waals surface area contributed by atoms with Gasteiger partial charge in [-0.2, -0.15) is 5.10 Å². The predicted molar refractivity (Wildman–Crippen MR) is 64.9 cm³/mol. The number of nitrogens with zero attached hydrogens (tertiary/aromatic N) is 2. The van der Waals surface area contributed by atoms with E-state index >= 15 is 0 Å². The molecule has 0 spiro atoms. The van der Waals surface area contributed by atoms with Gasteiger partial charge in [-0.15, -0.1) is 0 Å². The summed E-state index contributed by atoms with van der Waals surface area (Å²) in [5, 5.41) is 13.6. The van der Waals surface area contributed by atoms with E-state index in [-0.39, 0.29) is 12.3 Å². The predicted octanol–water partition coefficient (Wildman–Crippen LogP) is 2.33. The van der Waals surface area contributed by atoms with Crippen LogP contribution in [-0.2, 0) is 13.7 Å². The number of benzene rings is 1. The normalized spacial score (nSPS) is 12.6. The number of halogens is 1. The number of carboxylic acids is 1. The number of para-hydroxylation sites is 1. The van der Waals surface area contributed by atoms with Crippen molar-refractivity contribution in [2.45, 2.75) is 6.61 Å². The molecule has 5 nitrogen and oxygen atoms in total. The summed E-state index contributed by atoms with van der Waals surface area (Å²) in [4.78, 5) is 11.1. The largest absolute Gasteiger partial charge is 0.486 e. The van der Waals surface area contributed by atoms with Crippen molar-refractivity contribution in [3.63, 3.8) is 0 Å².